The lowest BCUT2D eigenvalue weighted by molar-refractivity contribution is 0.256. The molecule has 0 atom stereocenters. The first-order valence-corrected chi connectivity index (χ1v) is 23.4. The summed E-state index contributed by atoms with van der Waals surface area (Å²) in [6.07, 6.45) is 50.3. The molecule has 6 heteroatoms. The Labute approximate surface area is 326 Å². The van der Waals surface area contributed by atoms with Gasteiger partial charge in [-0.3, -0.25) is 0 Å². The number of hydrogen-bond acceptors (Lipinski definition) is 6. The van der Waals surface area contributed by atoms with Gasteiger partial charge in [-0.05, 0) is 181 Å². The molecule has 0 spiro atoms. The first kappa shape index (κ1) is 49.3. The quantitative estimate of drug-likeness (QED) is 0.105. The van der Waals surface area contributed by atoms with Crippen molar-refractivity contribution in [1.82, 2.24) is 20.4 Å². The van der Waals surface area contributed by atoms with Gasteiger partial charge in [-0.1, -0.05) is 114 Å². The zero-order valence-electron chi connectivity index (χ0n) is 35.1. The first-order valence-electron chi connectivity index (χ1n) is 23.4. The normalized spacial score (nSPS) is 21.7. The second kappa shape index (κ2) is 43.0. The van der Waals surface area contributed by atoms with Gasteiger partial charge in [0.25, 0.3) is 0 Å². The molecule has 0 aromatic heterocycles. The van der Waals surface area contributed by atoms with Crippen LogP contribution in [0, 0.1) is 0 Å². The monoisotopic (exact) mass is 731 g/mol. The minimum atomic E-state index is 0.793. The van der Waals surface area contributed by atoms with Crippen LogP contribution in [0.25, 0.3) is 0 Å². The van der Waals surface area contributed by atoms with Crippen molar-refractivity contribution in [3.8, 4) is 0 Å². The summed E-state index contributed by atoms with van der Waals surface area (Å²) in [4.78, 5) is 5.54. The van der Waals surface area contributed by atoms with Crippen molar-refractivity contribution < 1.29 is 0 Å². The molecule has 52 heavy (non-hydrogen) atoms. The van der Waals surface area contributed by atoms with Crippen molar-refractivity contribution in [3.63, 3.8) is 0 Å². The van der Waals surface area contributed by atoms with Gasteiger partial charge in [0.15, 0.2) is 0 Å². The van der Waals surface area contributed by atoms with E-state index in [1.165, 1.54) is 219 Å². The van der Waals surface area contributed by atoms with Crippen molar-refractivity contribution in [3.05, 3.63) is 24.3 Å². The standard InChI is InChI=1S/C46H94N6/c47-35-31-37-49-39-33-45-51-41-27-23-19-15-11-7-5-3-1-2-4-6-8-12-16-20-24-28-42-52(46-34-40-50-38-32-36-48)44-30-26-22-18-14-10-9-13-17-21-25-29-43-51/h1-2,9-10,49-50H,3-8,11-48H2/b2-1+,10-9+. The summed E-state index contributed by atoms with van der Waals surface area (Å²) in [6.45, 7) is 13.6. The molecule has 1 rings (SSSR count). The van der Waals surface area contributed by atoms with Gasteiger partial charge in [0.1, 0.15) is 0 Å². The van der Waals surface area contributed by atoms with E-state index in [-0.39, 0.29) is 0 Å². The highest BCUT2D eigenvalue weighted by Gasteiger charge is 2.06. The molecule has 0 unspecified atom stereocenters. The minimum Gasteiger partial charge on any atom is -0.330 e. The number of rotatable bonds is 14. The Balaban J connectivity index is 2.42. The van der Waals surface area contributed by atoms with E-state index in [9.17, 15) is 0 Å². The third-order valence-electron chi connectivity index (χ3n) is 11.0. The van der Waals surface area contributed by atoms with E-state index >= 15 is 0 Å². The molecular weight excluding hydrogens is 637 g/mol. The average molecular weight is 731 g/mol. The summed E-state index contributed by atoms with van der Waals surface area (Å²) in [7, 11) is 0. The van der Waals surface area contributed by atoms with Crippen molar-refractivity contribution in [2.45, 2.75) is 193 Å². The Bertz CT molecular complexity index is 670. The summed E-state index contributed by atoms with van der Waals surface area (Å²) < 4.78 is 0. The van der Waals surface area contributed by atoms with E-state index < -0.39 is 0 Å². The number of hydrogen-bond donors (Lipinski definition) is 4. The number of nitrogens with zero attached hydrogens (tertiary/aromatic N) is 2. The largest absolute Gasteiger partial charge is 0.330 e. The molecule has 0 aliphatic carbocycles. The van der Waals surface area contributed by atoms with Gasteiger partial charge in [-0.25, -0.2) is 0 Å². The molecule has 308 valence electrons. The maximum absolute atomic E-state index is 5.66. The molecule has 0 amide bonds. The fraction of sp³-hybridized carbons (Fsp3) is 0.913. The molecule has 6 nitrogen and oxygen atoms in total. The molecule has 0 aromatic carbocycles. The third-order valence-corrected chi connectivity index (χ3v) is 11.0. The smallest absolute Gasteiger partial charge is 0.000664 e. The number of nitrogens with one attached hydrogen (secondary N) is 2. The molecule has 1 aliphatic rings. The van der Waals surface area contributed by atoms with Crippen LogP contribution in [0.4, 0.5) is 0 Å². The third kappa shape index (κ3) is 37.6. The lowest BCUT2D eigenvalue weighted by Gasteiger charge is -2.22. The molecular formula is C46H94N6. The molecule has 0 saturated heterocycles. The van der Waals surface area contributed by atoms with Gasteiger partial charge in [0.2, 0.25) is 0 Å². The van der Waals surface area contributed by atoms with Crippen molar-refractivity contribution in [2.75, 3.05) is 78.5 Å². The fourth-order valence-electron chi connectivity index (χ4n) is 7.57. The number of allylic oxidation sites excluding steroid dienone is 4. The first-order chi connectivity index (χ1) is 25.9. The van der Waals surface area contributed by atoms with Crippen LogP contribution in [0.1, 0.15) is 193 Å². The molecule has 1 heterocycles. The average Bonchev–Trinajstić information content (AvgIpc) is 3.15. The maximum Gasteiger partial charge on any atom is -0.000664 e. The summed E-state index contributed by atoms with van der Waals surface area (Å²) in [5.74, 6) is 0. The zero-order chi connectivity index (χ0) is 37.1. The molecule has 0 aromatic rings. The van der Waals surface area contributed by atoms with Crippen LogP contribution in [0.15, 0.2) is 24.3 Å². The summed E-state index contributed by atoms with van der Waals surface area (Å²) in [5, 5.41) is 7.16. The zero-order valence-corrected chi connectivity index (χ0v) is 35.1. The molecule has 6 N–H and O–H groups in total. The van der Waals surface area contributed by atoms with Crippen LogP contribution in [0.2, 0.25) is 0 Å². The predicted octanol–water partition coefficient (Wildman–Crippen LogP) is 10.5. The summed E-state index contributed by atoms with van der Waals surface area (Å²) in [5.41, 5.74) is 11.3. The van der Waals surface area contributed by atoms with Crippen molar-refractivity contribution in [1.29, 1.82) is 0 Å². The predicted molar refractivity (Wildman–Crippen MR) is 234 cm³/mol. The Morgan fingerprint density at radius 2 is 0.577 bits per heavy atom. The van der Waals surface area contributed by atoms with Crippen molar-refractivity contribution in [2.24, 2.45) is 11.5 Å². The van der Waals surface area contributed by atoms with E-state index in [1.54, 1.807) is 0 Å². The second-order valence-electron chi connectivity index (χ2n) is 16.1. The maximum atomic E-state index is 5.66. The van der Waals surface area contributed by atoms with Gasteiger partial charge < -0.3 is 31.9 Å². The Hall–Kier alpha value is -0.760. The van der Waals surface area contributed by atoms with E-state index in [0.29, 0.717) is 0 Å². The lowest BCUT2D eigenvalue weighted by atomic mass is 10.1. The lowest BCUT2D eigenvalue weighted by Crippen LogP contribution is -2.30. The van der Waals surface area contributed by atoms with Crippen LogP contribution >= 0.6 is 0 Å². The Morgan fingerprint density at radius 3 is 0.865 bits per heavy atom. The topological polar surface area (TPSA) is 82.6 Å². The van der Waals surface area contributed by atoms with E-state index in [4.69, 9.17) is 11.5 Å². The van der Waals surface area contributed by atoms with E-state index in [2.05, 4.69) is 44.7 Å². The molecule has 0 saturated carbocycles. The SMILES string of the molecule is NCCCNCCCN1CCCCCC/C=C/CCCCCCN(CCCNCCCN)CCCCCCCCC/C=C/CCCCCCCCC1. The van der Waals surface area contributed by atoms with E-state index in [1.807, 2.05) is 0 Å². The van der Waals surface area contributed by atoms with Crippen LogP contribution in [0.3, 0.4) is 0 Å². The van der Waals surface area contributed by atoms with E-state index in [0.717, 1.165) is 52.1 Å². The Morgan fingerprint density at radius 1 is 0.327 bits per heavy atom. The van der Waals surface area contributed by atoms with Gasteiger partial charge in [0, 0.05) is 0 Å². The summed E-state index contributed by atoms with van der Waals surface area (Å²) in [6, 6.07) is 0. The molecule has 1 aliphatic heterocycles. The second-order valence-corrected chi connectivity index (χ2v) is 16.1. The van der Waals surface area contributed by atoms with Crippen LogP contribution < -0.4 is 22.1 Å². The molecule has 0 bridgehead atoms. The van der Waals surface area contributed by atoms with Gasteiger partial charge in [-0.2, -0.15) is 0 Å². The highest BCUT2D eigenvalue weighted by Crippen LogP contribution is 2.14. The van der Waals surface area contributed by atoms with Crippen LogP contribution in [-0.4, -0.2) is 88.3 Å². The molecule has 0 radical (unpaired) electrons. The van der Waals surface area contributed by atoms with Gasteiger partial charge >= 0.3 is 0 Å². The highest BCUT2D eigenvalue weighted by atomic mass is 15.1. The summed E-state index contributed by atoms with van der Waals surface area (Å²) >= 11 is 0. The highest BCUT2D eigenvalue weighted by molar-refractivity contribution is 4.82. The fourth-order valence-corrected chi connectivity index (χ4v) is 7.57. The minimum absolute atomic E-state index is 0.793. The molecule has 0 fully saturated rings. The van der Waals surface area contributed by atoms with Gasteiger partial charge in [-0.15, -0.1) is 0 Å². The Kier molecular flexibility index (Phi) is 40.7. The van der Waals surface area contributed by atoms with Crippen LogP contribution in [0.5, 0.6) is 0 Å². The number of nitrogens with two attached hydrogens (primary N) is 2. The van der Waals surface area contributed by atoms with Gasteiger partial charge in [0.05, 0.1) is 0 Å². The van der Waals surface area contributed by atoms with Crippen LogP contribution in [-0.2, 0) is 0 Å². The van der Waals surface area contributed by atoms with Crippen molar-refractivity contribution >= 4 is 0 Å².